The van der Waals surface area contributed by atoms with Gasteiger partial charge in [0.25, 0.3) is 0 Å². The number of hydrogen-bond donors (Lipinski definition) is 0. The molecule has 0 saturated heterocycles. The van der Waals surface area contributed by atoms with E-state index < -0.39 is 28.9 Å². The summed E-state index contributed by atoms with van der Waals surface area (Å²) in [6.07, 6.45) is 0. The summed E-state index contributed by atoms with van der Waals surface area (Å²) in [4.78, 5) is 22.6. The van der Waals surface area contributed by atoms with E-state index in [0.717, 1.165) is 7.11 Å². The van der Waals surface area contributed by atoms with Crippen LogP contribution in [0.15, 0.2) is 0 Å². The molecule has 0 aromatic heterocycles. The first kappa shape index (κ1) is 15.8. The third-order valence-corrected chi connectivity index (χ3v) is 2.23. The predicted octanol–water partition coefficient (Wildman–Crippen LogP) is 1.96. The second-order valence-electron chi connectivity index (χ2n) is 5.00. The average Bonchev–Trinajstić information content (AvgIpc) is 2.13. The molecule has 17 heavy (non-hydrogen) atoms. The summed E-state index contributed by atoms with van der Waals surface area (Å²) >= 11 is 0. The number of alkyl halides is 2. The van der Waals surface area contributed by atoms with E-state index in [1.165, 1.54) is 20.8 Å². The van der Waals surface area contributed by atoms with E-state index in [9.17, 15) is 18.4 Å². The highest BCUT2D eigenvalue weighted by Gasteiger charge is 2.60. The maximum atomic E-state index is 14.1. The molecule has 0 aliphatic rings. The number of carbonyl (C=O) groups excluding carboxylic acids is 2. The highest BCUT2D eigenvalue weighted by atomic mass is 19.2. The Hall–Kier alpha value is -1.20. The molecule has 2 atom stereocenters. The molecule has 6 heteroatoms. The third kappa shape index (κ3) is 3.38. The fraction of sp³-hybridized carbons (Fsp3) is 0.818. The van der Waals surface area contributed by atoms with Gasteiger partial charge in [0.2, 0.25) is 11.3 Å². The van der Waals surface area contributed by atoms with Gasteiger partial charge in [-0.1, -0.05) is 0 Å². The van der Waals surface area contributed by atoms with Gasteiger partial charge in [-0.3, -0.25) is 0 Å². The van der Waals surface area contributed by atoms with Crippen LogP contribution in [0.4, 0.5) is 8.78 Å². The van der Waals surface area contributed by atoms with Crippen molar-refractivity contribution in [2.45, 2.75) is 51.6 Å². The molecule has 2 unspecified atom stereocenters. The molecule has 0 fully saturated rings. The van der Waals surface area contributed by atoms with E-state index in [-0.39, 0.29) is 0 Å². The minimum absolute atomic E-state index is 0.642. The van der Waals surface area contributed by atoms with Gasteiger partial charge in [0, 0.05) is 0 Å². The Bertz CT molecular complexity index is 316. The Morgan fingerprint density at radius 3 is 1.53 bits per heavy atom. The molecule has 0 spiro atoms. The minimum atomic E-state index is -3.12. The quantitative estimate of drug-likeness (QED) is 0.720. The van der Waals surface area contributed by atoms with E-state index in [0.29, 0.717) is 13.8 Å². The fourth-order valence-electron chi connectivity index (χ4n) is 0.949. The fourth-order valence-corrected chi connectivity index (χ4v) is 0.949. The number of hydrogen-bond acceptors (Lipinski definition) is 4. The van der Waals surface area contributed by atoms with Crippen molar-refractivity contribution in [2.24, 2.45) is 0 Å². The highest BCUT2D eigenvalue weighted by Crippen LogP contribution is 2.33. The minimum Gasteiger partial charge on any atom is -0.467 e. The number of esters is 2. The summed E-state index contributed by atoms with van der Waals surface area (Å²) in [5, 5.41) is 0. The van der Waals surface area contributed by atoms with Crippen molar-refractivity contribution in [3.8, 4) is 0 Å². The zero-order valence-corrected chi connectivity index (χ0v) is 10.9. The Balaban J connectivity index is 5.13. The van der Waals surface area contributed by atoms with Crippen LogP contribution in [0.2, 0.25) is 0 Å². The normalized spacial score (nSPS) is 18.8. The first-order valence-corrected chi connectivity index (χ1v) is 5.06. The van der Waals surface area contributed by atoms with Gasteiger partial charge in [-0.15, -0.1) is 0 Å². The van der Waals surface area contributed by atoms with Gasteiger partial charge in [-0.2, -0.15) is 0 Å². The van der Waals surface area contributed by atoms with E-state index in [4.69, 9.17) is 4.74 Å². The van der Waals surface area contributed by atoms with Crippen LogP contribution in [0.3, 0.4) is 0 Å². The number of ether oxygens (including phenoxy) is 2. The molecule has 0 aromatic carbocycles. The van der Waals surface area contributed by atoms with Gasteiger partial charge in [0.05, 0.1) is 7.11 Å². The molecule has 0 bridgehead atoms. The van der Waals surface area contributed by atoms with Crippen LogP contribution < -0.4 is 0 Å². The predicted molar refractivity (Wildman–Crippen MR) is 56.9 cm³/mol. The maximum Gasteiger partial charge on any atom is 0.348 e. The van der Waals surface area contributed by atoms with E-state index >= 15 is 0 Å². The number of halogens is 2. The van der Waals surface area contributed by atoms with E-state index in [1.807, 2.05) is 0 Å². The van der Waals surface area contributed by atoms with Crippen LogP contribution in [-0.4, -0.2) is 36.0 Å². The van der Waals surface area contributed by atoms with Gasteiger partial charge >= 0.3 is 11.9 Å². The molecule has 100 valence electrons. The lowest BCUT2D eigenvalue weighted by atomic mass is 9.89. The third-order valence-electron chi connectivity index (χ3n) is 2.23. The van der Waals surface area contributed by atoms with Crippen LogP contribution >= 0.6 is 0 Å². The summed E-state index contributed by atoms with van der Waals surface area (Å²) in [6.45, 7) is 5.82. The lowest BCUT2D eigenvalue weighted by Crippen LogP contribution is -2.56. The zero-order valence-electron chi connectivity index (χ0n) is 10.9. The standard InChI is InChI=1S/C11H18F2O4/c1-9(2,3)17-8(15)11(5,13)10(4,12)7(14)16-6/h1-6H3. The first-order valence-electron chi connectivity index (χ1n) is 5.06. The summed E-state index contributed by atoms with van der Waals surface area (Å²) in [5.41, 5.74) is -7.20. The van der Waals surface area contributed by atoms with Gasteiger partial charge in [0.1, 0.15) is 5.60 Å². The highest BCUT2D eigenvalue weighted by molar-refractivity contribution is 5.92. The van der Waals surface area contributed by atoms with E-state index in [1.54, 1.807) is 0 Å². The van der Waals surface area contributed by atoms with Crippen LogP contribution in [-0.2, 0) is 19.1 Å². The van der Waals surface area contributed by atoms with Crippen molar-refractivity contribution in [1.29, 1.82) is 0 Å². The topological polar surface area (TPSA) is 52.6 Å². The second kappa shape index (κ2) is 4.58. The molecule has 0 N–H and O–H groups in total. The lowest BCUT2D eigenvalue weighted by Gasteiger charge is -2.32. The molecule has 0 aliphatic carbocycles. The number of rotatable bonds is 3. The molecule has 0 rings (SSSR count). The Kier molecular flexibility index (Phi) is 4.26. The lowest BCUT2D eigenvalue weighted by molar-refractivity contribution is -0.188. The average molecular weight is 252 g/mol. The van der Waals surface area contributed by atoms with Gasteiger partial charge in [-0.25, -0.2) is 18.4 Å². The van der Waals surface area contributed by atoms with Crippen molar-refractivity contribution < 1.29 is 27.8 Å². The first-order chi connectivity index (χ1) is 7.36. The molecule has 0 radical (unpaired) electrons. The van der Waals surface area contributed by atoms with Crippen molar-refractivity contribution in [2.75, 3.05) is 7.11 Å². The van der Waals surface area contributed by atoms with Crippen LogP contribution in [0.25, 0.3) is 0 Å². The Labute approximate surface area is 99.3 Å². The monoisotopic (exact) mass is 252 g/mol. The molecular formula is C11H18F2O4. The summed E-state index contributed by atoms with van der Waals surface area (Å²) in [7, 11) is 0.908. The largest absolute Gasteiger partial charge is 0.467 e. The van der Waals surface area contributed by atoms with Crippen molar-refractivity contribution in [3.63, 3.8) is 0 Å². The molecule has 0 aliphatic heterocycles. The maximum absolute atomic E-state index is 14.1. The van der Waals surface area contributed by atoms with Crippen molar-refractivity contribution in [3.05, 3.63) is 0 Å². The van der Waals surface area contributed by atoms with Gasteiger partial charge in [-0.05, 0) is 34.6 Å². The Morgan fingerprint density at radius 1 is 0.882 bits per heavy atom. The molecule has 0 heterocycles. The van der Waals surface area contributed by atoms with Crippen LogP contribution in [0.1, 0.15) is 34.6 Å². The number of carbonyl (C=O) groups is 2. The van der Waals surface area contributed by atoms with E-state index in [2.05, 4.69) is 4.74 Å². The summed E-state index contributed by atoms with van der Waals surface area (Å²) < 4.78 is 36.9. The molecule has 0 aromatic rings. The molecular weight excluding hydrogens is 234 g/mol. The molecule has 0 saturated carbocycles. The summed E-state index contributed by atoms with van der Waals surface area (Å²) in [6, 6.07) is 0. The molecule has 0 amide bonds. The van der Waals surface area contributed by atoms with Crippen molar-refractivity contribution in [1.82, 2.24) is 0 Å². The molecule has 4 nitrogen and oxygen atoms in total. The summed E-state index contributed by atoms with van der Waals surface area (Å²) in [5.74, 6) is -2.91. The zero-order chi connectivity index (χ0) is 14.1. The second-order valence-corrected chi connectivity index (χ2v) is 5.00. The van der Waals surface area contributed by atoms with Crippen molar-refractivity contribution >= 4 is 11.9 Å². The van der Waals surface area contributed by atoms with Gasteiger partial charge in [0.15, 0.2) is 0 Å². The SMILES string of the molecule is COC(=O)C(C)(F)C(C)(F)C(=O)OC(C)(C)C. The van der Waals surface area contributed by atoms with Crippen LogP contribution in [0.5, 0.6) is 0 Å². The smallest absolute Gasteiger partial charge is 0.348 e. The van der Waals surface area contributed by atoms with Gasteiger partial charge < -0.3 is 9.47 Å². The van der Waals surface area contributed by atoms with Crippen LogP contribution in [0, 0.1) is 0 Å². The Morgan fingerprint density at radius 2 is 1.24 bits per heavy atom. The number of methoxy groups -OCH3 is 1.